The van der Waals surface area contributed by atoms with Gasteiger partial charge >= 0.3 is 0 Å². The molecule has 0 aliphatic carbocycles. The van der Waals surface area contributed by atoms with E-state index in [1.165, 1.54) is 0 Å². The van der Waals surface area contributed by atoms with E-state index in [1.54, 1.807) is 0 Å². The number of aromatic amines is 1. The quantitative estimate of drug-likeness (QED) is 0.713. The van der Waals surface area contributed by atoms with E-state index in [-0.39, 0.29) is 0 Å². The van der Waals surface area contributed by atoms with E-state index >= 15 is 0 Å². The third kappa shape index (κ3) is 1.59. The normalized spacial score (nSPS) is 10.3. The first kappa shape index (κ1) is 7.98. The van der Waals surface area contributed by atoms with E-state index < -0.39 is 0 Å². The summed E-state index contributed by atoms with van der Waals surface area (Å²) in [6.07, 6.45) is 0. The molecule has 1 aromatic carbocycles. The maximum absolute atomic E-state index is 3.99. The lowest BCUT2D eigenvalue weighted by atomic mass is 10.1. The first-order chi connectivity index (χ1) is 6.25. The number of nitrogens with zero attached hydrogens (tertiary/aromatic N) is 2. The van der Waals surface area contributed by atoms with Gasteiger partial charge in [-0.15, -0.1) is 10.2 Å². The lowest BCUT2D eigenvalue weighted by molar-refractivity contribution is 1.04. The molecule has 65 valence electrons. The predicted molar refractivity (Wildman–Crippen MR) is 50.1 cm³/mol. The van der Waals surface area contributed by atoms with Crippen LogP contribution in [0.1, 0.15) is 11.4 Å². The van der Waals surface area contributed by atoms with Crippen LogP contribution < -0.4 is 0 Å². The molecule has 2 rings (SSSR count). The highest BCUT2D eigenvalue weighted by molar-refractivity contribution is 5.54. The summed E-state index contributed by atoms with van der Waals surface area (Å²) in [4.78, 5) is 3.07. The zero-order valence-electron chi connectivity index (χ0n) is 7.63. The van der Waals surface area contributed by atoms with Crippen LogP contribution in [0.3, 0.4) is 0 Å². The lowest BCUT2D eigenvalue weighted by Gasteiger charge is -1.95. The van der Waals surface area contributed by atoms with Crippen molar-refractivity contribution in [3.63, 3.8) is 0 Å². The van der Waals surface area contributed by atoms with Gasteiger partial charge in [0.1, 0.15) is 5.82 Å². The van der Waals surface area contributed by atoms with Crippen molar-refractivity contribution in [2.24, 2.45) is 0 Å². The van der Waals surface area contributed by atoms with Gasteiger partial charge in [-0.05, 0) is 31.5 Å². The van der Waals surface area contributed by atoms with Crippen molar-refractivity contribution in [2.45, 2.75) is 13.8 Å². The number of hydrogen-bond acceptors (Lipinski definition) is 2. The van der Waals surface area contributed by atoms with E-state index in [2.05, 4.69) is 21.2 Å². The van der Waals surface area contributed by atoms with Gasteiger partial charge in [0.25, 0.3) is 0 Å². The summed E-state index contributed by atoms with van der Waals surface area (Å²) in [6, 6.07) is 9.04. The SMILES string of the molecule is Cc1[c]cc(-c2nnc(C)[nH]2)cc1. The Bertz CT molecular complexity index is 400. The Labute approximate surface area is 76.8 Å². The van der Waals surface area contributed by atoms with Crippen LogP contribution in [0.2, 0.25) is 0 Å². The number of H-pyrrole nitrogens is 1. The Morgan fingerprint density at radius 1 is 1.23 bits per heavy atom. The summed E-state index contributed by atoms with van der Waals surface area (Å²) < 4.78 is 0. The van der Waals surface area contributed by atoms with Crippen molar-refractivity contribution in [3.05, 3.63) is 35.7 Å². The number of nitrogens with one attached hydrogen (secondary N) is 1. The van der Waals surface area contributed by atoms with E-state index in [0.717, 1.165) is 22.8 Å². The number of rotatable bonds is 1. The summed E-state index contributed by atoms with van der Waals surface area (Å²) in [7, 11) is 0. The molecule has 3 nitrogen and oxygen atoms in total. The van der Waals surface area contributed by atoms with Crippen LogP contribution in [0, 0.1) is 19.9 Å². The summed E-state index contributed by atoms with van der Waals surface area (Å²) in [5.74, 6) is 1.63. The number of aryl methyl sites for hydroxylation is 2. The van der Waals surface area contributed by atoms with Crippen LogP contribution in [0.15, 0.2) is 18.2 Å². The molecule has 0 amide bonds. The fourth-order valence-corrected chi connectivity index (χ4v) is 1.13. The average Bonchev–Trinajstić information content (AvgIpc) is 2.53. The second kappa shape index (κ2) is 3.01. The number of hydrogen-bond donors (Lipinski definition) is 1. The van der Waals surface area contributed by atoms with Gasteiger partial charge in [-0.1, -0.05) is 12.1 Å². The second-order valence-corrected chi connectivity index (χ2v) is 3.02. The molecule has 3 heteroatoms. The summed E-state index contributed by atoms with van der Waals surface area (Å²) >= 11 is 0. The van der Waals surface area contributed by atoms with E-state index in [9.17, 15) is 0 Å². The minimum atomic E-state index is 0.800. The number of aromatic nitrogens is 3. The predicted octanol–water partition coefficient (Wildman–Crippen LogP) is 1.89. The van der Waals surface area contributed by atoms with Crippen LogP contribution in [0.4, 0.5) is 0 Å². The first-order valence-corrected chi connectivity index (χ1v) is 4.14. The monoisotopic (exact) mass is 172 g/mol. The molecule has 0 fully saturated rings. The van der Waals surface area contributed by atoms with Crippen molar-refractivity contribution in [1.82, 2.24) is 15.2 Å². The molecule has 0 bridgehead atoms. The molecular formula is C10H10N3. The highest BCUT2D eigenvalue weighted by Gasteiger charge is 2.01. The van der Waals surface area contributed by atoms with Gasteiger partial charge in [-0.25, -0.2) is 0 Å². The van der Waals surface area contributed by atoms with Crippen molar-refractivity contribution >= 4 is 0 Å². The third-order valence-electron chi connectivity index (χ3n) is 1.84. The fraction of sp³-hybridized carbons (Fsp3) is 0.200. The fourth-order valence-electron chi connectivity index (χ4n) is 1.13. The molecule has 1 N–H and O–H groups in total. The standard InChI is InChI=1S/C10H10N3/c1-7-3-5-9(6-4-7)10-11-8(2)12-13-10/h3,5-6H,1-2H3,(H,11,12,13). The van der Waals surface area contributed by atoms with E-state index in [0.29, 0.717) is 0 Å². The molecule has 13 heavy (non-hydrogen) atoms. The Balaban J connectivity index is 2.41. The minimum absolute atomic E-state index is 0.800. The largest absolute Gasteiger partial charge is 0.325 e. The van der Waals surface area contributed by atoms with Crippen molar-refractivity contribution in [1.29, 1.82) is 0 Å². The van der Waals surface area contributed by atoms with Gasteiger partial charge in [-0.3, -0.25) is 0 Å². The molecular weight excluding hydrogens is 162 g/mol. The topological polar surface area (TPSA) is 41.6 Å². The smallest absolute Gasteiger partial charge is 0.161 e. The van der Waals surface area contributed by atoms with E-state index in [1.807, 2.05) is 32.0 Å². The first-order valence-electron chi connectivity index (χ1n) is 4.14. The third-order valence-corrected chi connectivity index (χ3v) is 1.84. The molecule has 0 saturated carbocycles. The molecule has 2 aromatic rings. The Kier molecular flexibility index (Phi) is 1.85. The molecule has 0 aliphatic heterocycles. The lowest BCUT2D eigenvalue weighted by Crippen LogP contribution is -1.81. The number of benzene rings is 1. The van der Waals surface area contributed by atoms with Crippen molar-refractivity contribution < 1.29 is 0 Å². The van der Waals surface area contributed by atoms with Crippen LogP contribution in [0.25, 0.3) is 11.4 Å². The van der Waals surface area contributed by atoms with Crippen LogP contribution in [0.5, 0.6) is 0 Å². The van der Waals surface area contributed by atoms with Gasteiger partial charge in [0, 0.05) is 5.56 Å². The van der Waals surface area contributed by atoms with Crippen LogP contribution >= 0.6 is 0 Å². The van der Waals surface area contributed by atoms with E-state index in [4.69, 9.17) is 0 Å². The summed E-state index contributed by atoms with van der Waals surface area (Å²) in [6.45, 7) is 3.89. The Morgan fingerprint density at radius 3 is 2.62 bits per heavy atom. The summed E-state index contributed by atoms with van der Waals surface area (Å²) in [5.41, 5.74) is 2.14. The second-order valence-electron chi connectivity index (χ2n) is 3.02. The molecule has 1 heterocycles. The maximum Gasteiger partial charge on any atom is 0.161 e. The van der Waals surface area contributed by atoms with Gasteiger partial charge < -0.3 is 4.98 Å². The zero-order valence-corrected chi connectivity index (χ0v) is 7.63. The highest BCUT2D eigenvalue weighted by Crippen LogP contribution is 2.14. The molecule has 0 aliphatic rings. The Morgan fingerprint density at radius 2 is 2.08 bits per heavy atom. The zero-order chi connectivity index (χ0) is 9.26. The molecule has 1 aromatic heterocycles. The molecule has 1 radical (unpaired) electrons. The molecule has 0 saturated heterocycles. The van der Waals surface area contributed by atoms with Crippen LogP contribution in [-0.2, 0) is 0 Å². The van der Waals surface area contributed by atoms with Crippen LogP contribution in [-0.4, -0.2) is 15.2 Å². The maximum atomic E-state index is 3.99. The van der Waals surface area contributed by atoms with Gasteiger partial charge in [-0.2, -0.15) is 0 Å². The summed E-state index contributed by atoms with van der Waals surface area (Å²) in [5, 5.41) is 7.89. The molecule has 0 unspecified atom stereocenters. The van der Waals surface area contributed by atoms with Gasteiger partial charge in [0.15, 0.2) is 5.82 Å². The van der Waals surface area contributed by atoms with Gasteiger partial charge in [0.05, 0.1) is 0 Å². The minimum Gasteiger partial charge on any atom is -0.325 e. The highest BCUT2D eigenvalue weighted by atomic mass is 15.2. The average molecular weight is 172 g/mol. The van der Waals surface area contributed by atoms with Crippen molar-refractivity contribution in [3.8, 4) is 11.4 Å². The molecule has 0 atom stereocenters. The van der Waals surface area contributed by atoms with Crippen molar-refractivity contribution in [2.75, 3.05) is 0 Å². The Hall–Kier alpha value is -1.64. The molecule has 0 spiro atoms. The van der Waals surface area contributed by atoms with Gasteiger partial charge in [0.2, 0.25) is 0 Å².